The van der Waals surface area contributed by atoms with Crippen molar-refractivity contribution in [3.63, 3.8) is 0 Å². The number of imidazole rings is 1. The van der Waals surface area contributed by atoms with Gasteiger partial charge in [0.15, 0.2) is 5.82 Å². The summed E-state index contributed by atoms with van der Waals surface area (Å²) < 4.78 is 0. The topological polar surface area (TPSA) is 116 Å². The first-order valence-electron chi connectivity index (χ1n) is 8.05. The summed E-state index contributed by atoms with van der Waals surface area (Å²) in [6.07, 6.45) is 9.15. The first kappa shape index (κ1) is 15.3. The molecule has 0 unspecified atom stereocenters. The molecule has 0 spiro atoms. The van der Waals surface area contributed by atoms with E-state index in [2.05, 4.69) is 30.2 Å². The molecule has 126 valence electrons. The summed E-state index contributed by atoms with van der Waals surface area (Å²) in [5.74, 6) is 0.307. The molecule has 3 aromatic heterocycles. The average Bonchev–Trinajstić information content (AvgIpc) is 3.09. The lowest BCUT2D eigenvalue weighted by atomic mass is 9.92. The third kappa shape index (κ3) is 3.06. The minimum Gasteiger partial charge on any atom is -0.344 e. The van der Waals surface area contributed by atoms with Gasteiger partial charge in [-0.15, -0.1) is 0 Å². The van der Waals surface area contributed by atoms with E-state index >= 15 is 0 Å². The van der Waals surface area contributed by atoms with Gasteiger partial charge in [-0.1, -0.05) is 0 Å². The Morgan fingerprint density at radius 3 is 3.00 bits per heavy atom. The normalized spacial score (nSPS) is 16.2. The second-order valence-corrected chi connectivity index (χ2v) is 5.91. The minimum absolute atomic E-state index is 0.169. The summed E-state index contributed by atoms with van der Waals surface area (Å²) >= 11 is 0. The number of aromatic nitrogens is 5. The molecule has 3 heterocycles. The number of nitrogens with zero attached hydrogens (tertiary/aromatic N) is 3. The molecule has 0 saturated heterocycles. The molecule has 0 aromatic carbocycles. The van der Waals surface area contributed by atoms with Crippen molar-refractivity contribution in [3.05, 3.63) is 64.4 Å². The fourth-order valence-corrected chi connectivity index (χ4v) is 3.02. The Kier molecular flexibility index (Phi) is 3.85. The summed E-state index contributed by atoms with van der Waals surface area (Å²) in [6, 6.07) is 3.59. The van der Waals surface area contributed by atoms with Crippen LogP contribution >= 0.6 is 0 Å². The van der Waals surface area contributed by atoms with Crippen molar-refractivity contribution in [1.82, 2.24) is 30.2 Å². The summed E-state index contributed by atoms with van der Waals surface area (Å²) in [7, 11) is 0. The van der Waals surface area contributed by atoms with Crippen LogP contribution in [0.5, 0.6) is 0 Å². The average molecular weight is 336 g/mol. The number of fused-ring (bicyclic) bond motifs is 1. The van der Waals surface area contributed by atoms with Crippen LogP contribution in [0.4, 0.5) is 0 Å². The number of hydrogen-bond acceptors (Lipinski definition) is 5. The molecule has 1 aliphatic rings. The van der Waals surface area contributed by atoms with Crippen LogP contribution < -0.4 is 11.0 Å². The van der Waals surface area contributed by atoms with Crippen LogP contribution in [-0.4, -0.2) is 30.8 Å². The highest BCUT2D eigenvalue weighted by Crippen LogP contribution is 2.29. The molecule has 3 N–H and O–H groups in total. The molecular weight excluding hydrogens is 320 g/mol. The van der Waals surface area contributed by atoms with Crippen LogP contribution in [0.25, 0.3) is 11.4 Å². The molecule has 0 aliphatic heterocycles. The monoisotopic (exact) mass is 336 g/mol. The molecular formula is C17H16N6O2. The molecule has 0 saturated carbocycles. The van der Waals surface area contributed by atoms with Crippen LogP contribution in [0, 0.1) is 0 Å². The molecule has 1 atom stereocenters. The highest BCUT2D eigenvalue weighted by atomic mass is 16.2. The summed E-state index contributed by atoms with van der Waals surface area (Å²) in [4.78, 5) is 41.5. The first-order valence-corrected chi connectivity index (χ1v) is 8.05. The molecule has 0 bridgehead atoms. The third-order valence-corrected chi connectivity index (χ3v) is 4.25. The lowest BCUT2D eigenvalue weighted by molar-refractivity contribution is 0.0928. The number of carbonyl (C=O) groups excluding carboxylic acids is 1. The van der Waals surface area contributed by atoms with Crippen molar-refractivity contribution in [2.75, 3.05) is 0 Å². The number of carbonyl (C=O) groups is 1. The standard InChI is InChI=1S/C17H16N6O2/c24-16(14-9-20-17(25)23-14)22-13-5-1-4-12-11(13)8-19-15(21-12)10-3-2-6-18-7-10/h2-3,6-9,13H,1,4-5H2,(H,22,24)(H2,20,23,25)/t13-/m1/s1. The van der Waals surface area contributed by atoms with Crippen molar-refractivity contribution >= 4 is 5.91 Å². The molecule has 25 heavy (non-hydrogen) atoms. The Morgan fingerprint density at radius 2 is 2.24 bits per heavy atom. The molecule has 0 radical (unpaired) electrons. The van der Waals surface area contributed by atoms with Crippen LogP contribution in [0.2, 0.25) is 0 Å². The number of nitrogens with one attached hydrogen (secondary N) is 3. The number of rotatable bonds is 3. The molecule has 8 nitrogen and oxygen atoms in total. The number of H-pyrrole nitrogens is 2. The van der Waals surface area contributed by atoms with Crippen LogP contribution in [0.1, 0.15) is 40.6 Å². The smallest absolute Gasteiger partial charge is 0.323 e. The molecule has 4 rings (SSSR count). The van der Waals surface area contributed by atoms with Crippen LogP contribution in [0.15, 0.2) is 41.7 Å². The highest BCUT2D eigenvalue weighted by molar-refractivity contribution is 5.92. The number of aromatic amines is 2. The van der Waals surface area contributed by atoms with Crippen molar-refractivity contribution in [2.45, 2.75) is 25.3 Å². The maximum Gasteiger partial charge on any atom is 0.323 e. The number of amides is 1. The largest absolute Gasteiger partial charge is 0.344 e. The quantitative estimate of drug-likeness (QED) is 0.668. The van der Waals surface area contributed by atoms with E-state index in [-0.39, 0.29) is 17.6 Å². The maximum absolute atomic E-state index is 12.3. The molecule has 0 fully saturated rings. The Labute approximate surface area is 142 Å². The lowest BCUT2D eigenvalue weighted by Crippen LogP contribution is -2.32. The SMILES string of the molecule is O=C(N[C@@H]1CCCc2nc(-c3cccnc3)ncc21)c1c[nH]c(=O)[nH]1. The fourth-order valence-electron chi connectivity index (χ4n) is 3.02. The van der Waals surface area contributed by atoms with E-state index in [0.29, 0.717) is 5.82 Å². The predicted molar refractivity (Wildman–Crippen MR) is 89.8 cm³/mol. The van der Waals surface area contributed by atoms with Crippen molar-refractivity contribution in [3.8, 4) is 11.4 Å². The van der Waals surface area contributed by atoms with Gasteiger partial charge < -0.3 is 15.3 Å². The molecule has 1 amide bonds. The van der Waals surface area contributed by atoms with Gasteiger partial charge in [0.2, 0.25) is 0 Å². The second-order valence-electron chi connectivity index (χ2n) is 5.91. The van der Waals surface area contributed by atoms with E-state index < -0.39 is 5.69 Å². The summed E-state index contributed by atoms with van der Waals surface area (Å²) in [6.45, 7) is 0. The van der Waals surface area contributed by atoms with Gasteiger partial charge in [-0.05, 0) is 31.4 Å². The summed E-state index contributed by atoms with van der Waals surface area (Å²) in [5.41, 5.74) is 2.53. The highest BCUT2D eigenvalue weighted by Gasteiger charge is 2.24. The van der Waals surface area contributed by atoms with Gasteiger partial charge in [0.1, 0.15) is 5.69 Å². The van der Waals surface area contributed by atoms with Gasteiger partial charge in [-0.3, -0.25) is 9.78 Å². The molecule has 8 heteroatoms. The zero-order chi connectivity index (χ0) is 17.2. The summed E-state index contributed by atoms with van der Waals surface area (Å²) in [5, 5.41) is 2.94. The number of aryl methyl sites for hydroxylation is 1. The Morgan fingerprint density at radius 1 is 1.32 bits per heavy atom. The van der Waals surface area contributed by atoms with E-state index in [4.69, 9.17) is 0 Å². The predicted octanol–water partition coefficient (Wildman–Crippen LogP) is 1.36. The van der Waals surface area contributed by atoms with Gasteiger partial charge in [0.05, 0.1) is 6.04 Å². The molecule has 3 aromatic rings. The van der Waals surface area contributed by atoms with Crippen molar-refractivity contribution < 1.29 is 4.79 Å². The molecule has 1 aliphatic carbocycles. The Hall–Kier alpha value is -3.29. The Balaban J connectivity index is 1.60. The van der Waals surface area contributed by atoms with Crippen LogP contribution in [-0.2, 0) is 6.42 Å². The van der Waals surface area contributed by atoms with E-state index in [0.717, 1.165) is 36.1 Å². The second kappa shape index (κ2) is 6.31. The van der Waals surface area contributed by atoms with Gasteiger partial charge in [0, 0.05) is 41.6 Å². The van der Waals surface area contributed by atoms with Crippen LogP contribution in [0.3, 0.4) is 0 Å². The Bertz CT molecular complexity index is 963. The first-order chi connectivity index (χ1) is 12.2. The van der Waals surface area contributed by atoms with E-state index in [9.17, 15) is 9.59 Å². The number of pyridine rings is 1. The maximum atomic E-state index is 12.3. The van der Waals surface area contributed by atoms with E-state index in [1.807, 2.05) is 12.1 Å². The van der Waals surface area contributed by atoms with Gasteiger partial charge in [-0.25, -0.2) is 14.8 Å². The number of hydrogen-bond donors (Lipinski definition) is 3. The van der Waals surface area contributed by atoms with Gasteiger partial charge in [0.25, 0.3) is 5.91 Å². The van der Waals surface area contributed by atoms with E-state index in [1.165, 1.54) is 6.20 Å². The van der Waals surface area contributed by atoms with Gasteiger partial charge >= 0.3 is 5.69 Å². The lowest BCUT2D eigenvalue weighted by Gasteiger charge is -2.25. The van der Waals surface area contributed by atoms with Gasteiger partial charge in [-0.2, -0.15) is 0 Å². The van der Waals surface area contributed by atoms with Crippen molar-refractivity contribution in [2.24, 2.45) is 0 Å². The zero-order valence-electron chi connectivity index (χ0n) is 13.3. The van der Waals surface area contributed by atoms with E-state index in [1.54, 1.807) is 18.6 Å². The van der Waals surface area contributed by atoms with Crippen molar-refractivity contribution in [1.29, 1.82) is 0 Å². The third-order valence-electron chi connectivity index (χ3n) is 4.25. The fraction of sp³-hybridized carbons (Fsp3) is 0.235. The minimum atomic E-state index is -0.404. The zero-order valence-corrected chi connectivity index (χ0v) is 13.3.